The summed E-state index contributed by atoms with van der Waals surface area (Å²) in [7, 11) is 0. The summed E-state index contributed by atoms with van der Waals surface area (Å²) in [6.45, 7) is 3.86. The quantitative estimate of drug-likeness (QED) is 0.726. The molecule has 0 fully saturated rings. The number of rotatable bonds is 8. The van der Waals surface area contributed by atoms with Crippen molar-refractivity contribution in [1.82, 2.24) is 10.8 Å². The smallest absolute Gasteiger partial charge is 0.265 e. The molecular weight excluding hydrogens is 316 g/mol. The van der Waals surface area contributed by atoms with Crippen molar-refractivity contribution in [3.8, 4) is 0 Å². The van der Waals surface area contributed by atoms with E-state index in [4.69, 9.17) is 4.84 Å². The van der Waals surface area contributed by atoms with Crippen LogP contribution in [0.4, 0.5) is 0 Å². The minimum atomic E-state index is -0.680. The average Bonchev–Trinajstić information content (AvgIpc) is 2.64. The normalized spacial score (nSPS) is 12.9. The Morgan fingerprint density at radius 1 is 0.960 bits per heavy atom. The second-order valence-electron chi connectivity index (χ2n) is 5.84. The number of carbonyl (C=O) groups excluding carboxylic acids is 2. The number of carbonyl (C=O) groups is 2. The minimum absolute atomic E-state index is 0.167. The Bertz CT molecular complexity index is 674. The van der Waals surface area contributed by atoms with Crippen molar-refractivity contribution < 1.29 is 14.4 Å². The van der Waals surface area contributed by atoms with Crippen molar-refractivity contribution in [2.45, 2.75) is 38.8 Å². The fraction of sp³-hybridized carbons (Fsp3) is 0.300. The van der Waals surface area contributed by atoms with Gasteiger partial charge in [0.05, 0.1) is 12.5 Å². The van der Waals surface area contributed by atoms with Crippen LogP contribution in [0.2, 0.25) is 0 Å². The molecule has 2 rings (SSSR count). The van der Waals surface area contributed by atoms with E-state index in [0.29, 0.717) is 6.42 Å². The zero-order valence-electron chi connectivity index (χ0n) is 14.6. The van der Waals surface area contributed by atoms with Gasteiger partial charge in [0, 0.05) is 0 Å². The molecule has 2 atom stereocenters. The van der Waals surface area contributed by atoms with Gasteiger partial charge in [0.1, 0.15) is 6.04 Å². The Kier molecular flexibility index (Phi) is 7.16. The highest BCUT2D eigenvalue weighted by molar-refractivity contribution is 5.89. The highest BCUT2D eigenvalue weighted by atomic mass is 16.6. The lowest BCUT2D eigenvalue weighted by molar-refractivity contribution is -0.139. The van der Waals surface area contributed by atoms with Crippen LogP contribution in [0.3, 0.4) is 0 Å². The topological polar surface area (TPSA) is 67.4 Å². The van der Waals surface area contributed by atoms with Crippen LogP contribution < -0.4 is 10.8 Å². The van der Waals surface area contributed by atoms with Gasteiger partial charge in [0.2, 0.25) is 5.91 Å². The van der Waals surface area contributed by atoms with Crippen molar-refractivity contribution in [3.05, 3.63) is 71.8 Å². The first-order valence-corrected chi connectivity index (χ1v) is 8.42. The van der Waals surface area contributed by atoms with Gasteiger partial charge in [-0.1, -0.05) is 67.6 Å². The predicted molar refractivity (Wildman–Crippen MR) is 96.5 cm³/mol. The molecular formula is C20H24N2O3. The van der Waals surface area contributed by atoms with E-state index in [9.17, 15) is 9.59 Å². The number of hydrogen-bond acceptors (Lipinski definition) is 3. The lowest BCUT2D eigenvalue weighted by Crippen LogP contribution is -2.46. The van der Waals surface area contributed by atoms with Gasteiger partial charge in [-0.2, -0.15) is 0 Å². The minimum Gasteiger partial charge on any atom is -0.344 e. The lowest BCUT2D eigenvalue weighted by atomic mass is 9.95. The second-order valence-corrected chi connectivity index (χ2v) is 5.84. The number of benzene rings is 2. The van der Waals surface area contributed by atoms with Gasteiger partial charge in [-0.25, -0.2) is 5.48 Å². The molecule has 0 bridgehead atoms. The summed E-state index contributed by atoms with van der Waals surface area (Å²) in [5.41, 5.74) is 4.27. The molecule has 0 aromatic heterocycles. The molecule has 0 saturated carbocycles. The van der Waals surface area contributed by atoms with Gasteiger partial charge in [-0.15, -0.1) is 0 Å². The second kappa shape index (κ2) is 9.59. The third-order valence-corrected chi connectivity index (χ3v) is 3.93. The fourth-order valence-corrected chi connectivity index (χ4v) is 2.49. The number of amides is 2. The number of hydroxylamine groups is 1. The van der Waals surface area contributed by atoms with Gasteiger partial charge in [-0.05, 0) is 24.5 Å². The maximum absolute atomic E-state index is 12.5. The highest BCUT2D eigenvalue weighted by Crippen LogP contribution is 2.19. The molecule has 2 aromatic carbocycles. The van der Waals surface area contributed by atoms with Crippen molar-refractivity contribution in [2.24, 2.45) is 0 Å². The first-order chi connectivity index (χ1) is 12.1. The molecule has 5 nitrogen and oxygen atoms in total. The van der Waals surface area contributed by atoms with Gasteiger partial charge in [0.25, 0.3) is 5.91 Å². The monoisotopic (exact) mass is 340 g/mol. The SMILES string of the molecule is CC[C@@H](C(=O)N[C@@H](C)C(=O)NOCc1ccccc1)c1ccccc1. The molecule has 0 radical (unpaired) electrons. The summed E-state index contributed by atoms with van der Waals surface area (Å²) < 4.78 is 0. The zero-order valence-corrected chi connectivity index (χ0v) is 14.6. The summed E-state index contributed by atoms with van der Waals surface area (Å²) in [6.07, 6.45) is 0.661. The zero-order chi connectivity index (χ0) is 18.1. The standard InChI is InChI=1S/C20H24N2O3/c1-3-18(17-12-8-5-9-13-17)20(24)21-15(2)19(23)22-25-14-16-10-6-4-7-11-16/h4-13,15,18H,3,14H2,1-2H3,(H,21,24)(H,22,23)/t15-,18+/m0/s1. The summed E-state index contributed by atoms with van der Waals surface area (Å²) in [5.74, 6) is -0.826. The van der Waals surface area contributed by atoms with E-state index in [2.05, 4.69) is 10.8 Å². The van der Waals surface area contributed by atoms with Crippen molar-refractivity contribution >= 4 is 11.8 Å². The van der Waals surface area contributed by atoms with E-state index in [1.165, 1.54) is 0 Å². The van der Waals surface area contributed by atoms with E-state index in [1.807, 2.05) is 67.6 Å². The van der Waals surface area contributed by atoms with Crippen molar-refractivity contribution in [2.75, 3.05) is 0 Å². The van der Waals surface area contributed by atoms with Crippen LogP contribution in [0, 0.1) is 0 Å². The fourth-order valence-electron chi connectivity index (χ4n) is 2.49. The van der Waals surface area contributed by atoms with Gasteiger partial charge in [0.15, 0.2) is 0 Å². The van der Waals surface area contributed by atoms with Crippen LogP contribution in [-0.4, -0.2) is 17.9 Å². The maximum Gasteiger partial charge on any atom is 0.265 e. The molecule has 0 saturated heterocycles. The van der Waals surface area contributed by atoms with Gasteiger partial charge < -0.3 is 5.32 Å². The lowest BCUT2D eigenvalue weighted by Gasteiger charge is -2.19. The molecule has 2 amide bonds. The maximum atomic E-state index is 12.5. The molecule has 2 N–H and O–H groups in total. The largest absolute Gasteiger partial charge is 0.344 e. The van der Waals surface area contributed by atoms with Gasteiger partial charge >= 0.3 is 0 Å². The first kappa shape index (κ1) is 18.7. The van der Waals surface area contributed by atoms with E-state index >= 15 is 0 Å². The molecule has 5 heteroatoms. The molecule has 25 heavy (non-hydrogen) atoms. The molecule has 0 aliphatic heterocycles. The number of hydrogen-bond donors (Lipinski definition) is 2. The van der Waals surface area contributed by atoms with E-state index in [1.54, 1.807) is 6.92 Å². The molecule has 0 spiro atoms. The Hall–Kier alpha value is -2.66. The van der Waals surface area contributed by atoms with E-state index in [0.717, 1.165) is 11.1 Å². The van der Waals surface area contributed by atoms with E-state index < -0.39 is 6.04 Å². The van der Waals surface area contributed by atoms with Crippen LogP contribution in [0.1, 0.15) is 37.3 Å². The van der Waals surface area contributed by atoms with Crippen LogP contribution >= 0.6 is 0 Å². The Morgan fingerprint density at radius 3 is 2.16 bits per heavy atom. The third kappa shape index (κ3) is 5.72. The van der Waals surface area contributed by atoms with Crippen LogP contribution in [0.5, 0.6) is 0 Å². The Morgan fingerprint density at radius 2 is 1.56 bits per heavy atom. The Balaban J connectivity index is 1.82. The molecule has 0 heterocycles. The molecule has 2 aromatic rings. The summed E-state index contributed by atoms with van der Waals surface area (Å²) in [4.78, 5) is 29.7. The average molecular weight is 340 g/mol. The number of nitrogens with one attached hydrogen (secondary N) is 2. The summed E-state index contributed by atoms with van der Waals surface area (Å²) in [5, 5.41) is 2.75. The third-order valence-electron chi connectivity index (χ3n) is 3.93. The van der Waals surface area contributed by atoms with E-state index in [-0.39, 0.29) is 24.3 Å². The van der Waals surface area contributed by atoms with Crippen LogP contribution in [0.25, 0.3) is 0 Å². The Labute approximate surface area is 148 Å². The summed E-state index contributed by atoms with van der Waals surface area (Å²) in [6, 6.07) is 18.4. The summed E-state index contributed by atoms with van der Waals surface area (Å²) >= 11 is 0. The van der Waals surface area contributed by atoms with Crippen LogP contribution in [0.15, 0.2) is 60.7 Å². The molecule has 0 aliphatic carbocycles. The van der Waals surface area contributed by atoms with Crippen LogP contribution in [-0.2, 0) is 21.0 Å². The van der Waals surface area contributed by atoms with Crippen molar-refractivity contribution in [3.63, 3.8) is 0 Å². The van der Waals surface area contributed by atoms with Crippen molar-refractivity contribution in [1.29, 1.82) is 0 Å². The molecule has 0 aliphatic rings. The predicted octanol–water partition coefficient (Wildman–Crippen LogP) is 2.93. The first-order valence-electron chi connectivity index (χ1n) is 8.42. The highest BCUT2D eigenvalue weighted by Gasteiger charge is 2.22. The molecule has 0 unspecified atom stereocenters. The van der Waals surface area contributed by atoms with Gasteiger partial charge in [-0.3, -0.25) is 14.4 Å². The molecule has 132 valence electrons.